The summed E-state index contributed by atoms with van der Waals surface area (Å²) < 4.78 is 5.46. The third-order valence-electron chi connectivity index (χ3n) is 6.67. The Morgan fingerprint density at radius 1 is 1.24 bits per heavy atom. The van der Waals surface area contributed by atoms with Crippen molar-refractivity contribution in [2.75, 3.05) is 19.8 Å². The Bertz CT molecular complexity index is 1200. The lowest BCUT2D eigenvalue weighted by atomic mass is 9.93. The van der Waals surface area contributed by atoms with Crippen molar-refractivity contribution in [3.63, 3.8) is 0 Å². The Labute approximate surface area is 191 Å². The number of aromatic amines is 1. The first-order valence-electron chi connectivity index (χ1n) is 11.5. The number of fused-ring (bicyclic) bond motifs is 2. The van der Waals surface area contributed by atoms with Gasteiger partial charge in [-0.15, -0.1) is 0 Å². The van der Waals surface area contributed by atoms with Gasteiger partial charge in [-0.05, 0) is 49.3 Å². The number of aromatic nitrogens is 2. The van der Waals surface area contributed by atoms with Gasteiger partial charge in [0.15, 0.2) is 0 Å². The molecule has 1 saturated heterocycles. The number of ether oxygens (including phenoxy) is 1. The van der Waals surface area contributed by atoms with E-state index in [1.807, 2.05) is 31.2 Å². The van der Waals surface area contributed by atoms with Crippen molar-refractivity contribution < 1.29 is 19.4 Å². The summed E-state index contributed by atoms with van der Waals surface area (Å²) in [5, 5.41) is 21.8. The van der Waals surface area contributed by atoms with Crippen LogP contribution < -0.4 is 5.32 Å². The molecule has 172 valence electrons. The molecule has 0 saturated carbocycles. The Morgan fingerprint density at radius 2 is 2.03 bits per heavy atom. The highest BCUT2D eigenvalue weighted by atomic mass is 16.5. The van der Waals surface area contributed by atoms with E-state index >= 15 is 0 Å². The second-order valence-electron chi connectivity index (χ2n) is 8.77. The highest BCUT2D eigenvalue weighted by Crippen LogP contribution is 2.37. The SMILES string of the molecule is CCNC(=O)C1c2ccccc2CN1C(=O)c1cc2c(CC3CCOCC3)n[nH]c2cc1O. The second kappa shape index (κ2) is 8.86. The molecule has 3 N–H and O–H groups in total. The molecule has 8 nitrogen and oxygen atoms in total. The minimum absolute atomic E-state index is 0.126. The van der Waals surface area contributed by atoms with Gasteiger partial charge in [0, 0.05) is 37.8 Å². The number of hydrogen-bond donors (Lipinski definition) is 3. The van der Waals surface area contributed by atoms with E-state index in [1.54, 1.807) is 12.1 Å². The topological polar surface area (TPSA) is 108 Å². The van der Waals surface area contributed by atoms with Crippen LogP contribution in [-0.2, 0) is 22.5 Å². The average Bonchev–Trinajstić information content (AvgIpc) is 3.40. The molecule has 1 atom stereocenters. The number of hydrogen-bond acceptors (Lipinski definition) is 5. The fourth-order valence-corrected chi connectivity index (χ4v) is 4.94. The third-order valence-corrected chi connectivity index (χ3v) is 6.67. The molecule has 2 aliphatic rings. The molecule has 3 aromatic rings. The third kappa shape index (κ3) is 3.95. The number of nitrogens with one attached hydrogen (secondary N) is 2. The van der Waals surface area contributed by atoms with E-state index in [9.17, 15) is 14.7 Å². The van der Waals surface area contributed by atoms with E-state index in [-0.39, 0.29) is 23.1 Å². The first kappa shape index (κ1) is 21.5. The summed E-state index contributed by atoms with van der Waals surface area (Å²) in [5.41, 5.74) is 3.51. The Balaban J connectivity index is 1.49. The van der Waals surface area contributed by atoms with Gasteiger partial charge in [0.2, 0.25) is 5.91 Å². The molecule has 0 bridgehead atoms. The van der Waals surface area contributed by atoms with Crippen molar-refractivity contribution >= 4 is 22.7 Å². The van der Waals surface area contributed by atoms with Crippen molar-refractivity contribution in [1.82, 2.24) is 20.4 Å². The Hall–Kier alpha value is -3.39. The maximum atomic E-state index is 13.7. The van der Waals surface area contributed by atoms with Crippen LogP contribution in [-0.4, -0.2) is 51.8 Å². The first-order chi connectivity index (χ1) is 16.1. The molecule has 2 amide bonds. The van der Waals surface area contributed by atoms with E-state index in [0.29, 0.717) is 24.5 Å². The lowest BCUT2D eigenvalue weighted by Gasteiger charge is -2.25. The number of H-pyrrole nitrogens is 1. The Kier molecular flexibility index (Phi) is 5.76. The van der Waals surface area contributed by atoms with Crippen LogP contribution in [0.2, 0.25) is 0 Å². The number of benzene rings is 2. The minimum atomic E-state index is -0.727. The molecule has 5 rings (SSSR count). The molecule has 8 heteroatoms. The number of carbonyl (C=O) groups is 2. The zero-order chi connectivity index (χ0) is 22.9. The number of rotatable bonds is 5. The predicted molar refractivity (Wildman–Crippen MR) is 123 cm³/mol. The minimum Gasteiger partial charge on any atom is -0.507 e. The lowest BCUT2D eigenvalue weighted by Crippen LogP contribution is -2.39. The van der Waals surface area contributed by atoms with E-state index in [2.05, 4.69) is 15.5 Å². The van der Waals surface area contributed by atoms with Crippen LogP contribution in [0.25, 0.3) is 10.9 Å². The molecular formula is C25H28N4O4. The molecule has 0 spiro atoms. The van der Waals surface area contributed by atoms with Crippen molar-refractivity contribution in [3.8, 4) is 5.75 Å². The van der Waals surface area contributed by atoms with Gasteiger partial charge in [0.05, 0.1) is 16.8 Å². The predicted octanol–water partition coefficient (Wildman–Crippen LogP) is 3.07. The number of amides is 2. The number of carbonyl (C=O) groups excluding carboxylic acids is 2. The standard InChI is InChI=1S/C25H28N4O4/c1-2-26-24(31)23-17-6-4-3-5-16(17)14-29(23)25(32)19-12-18-20(11-15-7-9-33-10-8-15)27-28-21(18)13-22(19)30/h3-6,12-13,15,23,30H,2,7-11,14H2,1H3,(H,26,31)(H,27,28). The van der Waals surface area contributed by atoms with Crippen LogP contribution in [0.15, 0.2) is 36.4 Å². The van der Waals surface area contributed by atoms with Crippen molar-refractivity contribution in [3.05, 3.63) is 58.8 Å². The molecule has 33 heavy (non-hydrogen) atoms. The van der Waals surface area contributed by atoms with Crippen molar-refractivity contribution in [2.24, 2.45) is 5.92 Å². The Morgan fingerprint density at radius 3 is 2.82 bits per heavy atom. The normalized spacial score (nSPS) is 18.5. The second-order valence-corrected chi connectivity index (χ2v) is 8.77. The summed E-state index contributed by atoms with van der Waals surface area (Å²) in [6, 6.07) is 10.1. The number of likely N-dealkylation sites (N-methyl/N-ethyl adjacent to an activating group) is 1. The number of phenols is 1. The molecule has 1 aromatic heterocycles. The summed E-state index contributed by atoms with van der Waals surface area (Å²) in [6.45, 7) is 4.15. The van der Waals surface area contributed by atoms with Crippen molar-refractivity contribution in [2.45, 2.75) is 38.8 Å². The van der Waals surface area contributed by atoms with Gasteiger partial charge in [-0.25, -0.2) is 0 Å². The zero-order valence-corrected chi connectivity index (χ0v) is 18.6. The smallest absolute Gasteiger partial charge is 0.258 e. The molecule has 1 unspecified atom stereocenters. The fraction of sp³-hybridized carbons (Fsp3) is 0.400. The van der Waals surface area contributed by atoms with E-state index in [4.69, 9.17) is 4.74 Å². The molecule has 0 radical (unpaired) electrons. The molecule has 2 aliphatic heterocycles. The monoisotopic (exact) mass is 448 g/mol. The van der Waals surface area contributed by atoms with Crippen LogP contribution >= 0.6 is 0 Å². The van der Waals surface area contributed by atoms with E-state index < -0.39 is 6.04 Å². The number of aromatic hydroxyl groups is 1. The van der Waals surface area contributed by atoms with Crippen LogP contribution in [0.3, 0.4) is 0 Å². The summed E-state index contributed by atoms with van der Waals surface area (Å²) in [4.78, 5) is 28.1. The quantitative estimate of drug-likeness (QED) is 0.556. The average molecular weight is 449 g/mol. The molecule has 1 fully saturated rings. The summed E-state index contributed by atoms with van der Waals surface area (Å²) in [7, 11) is 0. The van der Waals surface area contributed by atoms with Crippen molar-refractivity contribution in [1.29, 1.82) is 0 Å². The van der Waals surface area contributed by atoms with Gasteiger partial charge in [0.1, 0.15) is 11.8 Å². The van der Waals surface area contributed by atoms with Crippen LogP contribution in [0, 0.1) is 5.92 Å². The molecular weight excluding hydrogens is 420 g/mol. The lowest BCUT2D eigenvalue weighted by molar-refractivity contribution is -0.125. The maximum absolute atomic E-state index is 13.7. The summed E-state index contributed by atoms with van der Waals surface area (Å²) in [6.07, 6.45) is 2.76. The number of nitrogens with zero attached hydrogens (tertiary/aromatic N) is 2. The fourth-order valence-electron chi connectivity index (χ4n) is 4.94. The number of phenolic OH excluding ortho intramolecular Hbond substituents is 1. The van der Waals surface area contributed by atoms with Gasteiger partial charge < -0.3 is 20.1 Å². The van der Waals surface area contributed by atoms with E-state index in [1.165, 1.54) is 4.90 Å². The summed E-state index contributed by atoms with van der Waals surface area (Å²) >= 11 is 0. The molecule has 2 aromatic carbocycles. The van der Waals surface area contributed by atoms with Crippen LogP contribution in [0.1, 0.15) is 53.0 Å². The zero-order valence-electron chi connectivity index (χ0n) is 18.6. The van der Waals surface area contributed by atoms with Gasteiger partial charge in [-0.3, -0.25) is 14.7 Å². The van der Waals surface area contributed by atoms with Gasteiger partial charge in [-0.2, -0.15) is 5.10 Å². The maximum Gasteiger partial charge on any atom is 0.258 e. The highest BCUT2D eigenvalue weighted by molar-refractivity contribution is 6.03. The summed E-state index contributed by atoms with van der Waals surface area (Å²) in [5.74, 6) is -0.243. The largest absolute Gasteiger partial charge is 0.507 e. The van der Waals surface area contributed by atoms with Crippen LogP contribution in [0.5, 0.6) is 5.75 Å². The van der Waals surface area contributed by atoms with Crippen LogP contribution in [0.4, 0.5) is 0 Å². The molecule has 3 heterocycles. The van der Waals surface area contributed by atoms with Gasteiger partial charge in [0.25, 0.3) is 5.91 Å². The van der Waals surface area contributed by atoms with Gasteiger partial charge in [-0.1, -0.05) is 24.3 Å². The highest BCUT2D eigenvalue weighted by Gasteiger charge is 2.39. The first-order valence-corrected chi connectivity index (χ1v) is 11.5. The van der Waals surface area contributed by atoms with Gasteiger partial charge >= 0.3 is 0 Å². The molecule has 0 aliphatic carbocycles. The van der Waals surface area contributed by atoms with E-state index in [0.717, 1.165) is 54.7 Å².